The van der Waals surface area contributed by atoms with E-state index in [9.17, 15) is 4.79 Å². The summed E-state index contributed by atoms with van der Waals surface area (Å²) in [7, 11) is 0. The molecule has 1 N–H and O–H groups in total. The highest BCUT2D eigenvalue weighted by Crippen LogP contribution is 2.41. The van der Waals surface area contributed by atoms with E-state index in [-0.39, 0.29) is 17.5 Å². The third kappa shape index (κ3) is 8.86. The number of carbonyl (C=O) groups is 1. The van der Waals surface area contributed by atoms with Crippen LogP contribution in [0, 0.1) is 29.1 Å². The summed E-state index contributed by atoms with van der Waals surface area (Å²) >= 11 is 0. The maximum atomic E-state index is 13.1. The van der Waals surface area contributed by atoms with Crippen LogP contribution in [-0.4, -0.2) is 17.0 Å². The van der Waals surface area contributed by atoms with Crippen LogP contribution < -0.4 is 5.32 Å². The molecule has 1 heterocycles. The van der Waals surface area contributed by atoms with Crippen LogP contribution in [0.5, 0.6) is 0 Å². The zero-order valence-electron chi connectivity index (χ0n) is 23.2. The molecule has 0 saturated heterocycles. The summed E-state index contributed by atoms with van der Waals surface area (Å²) in [6.07, 6.45) is 0. The minimum absolute atomic E-state index is 0.00688. The Morgan fingerprint density at radius 2 is 1.07 bits per heavy atom. The lowest BCUT2D eigenvalue weighted by Gasteiger charge is -2.33. The maximum absolute atomic E-state index is 13.1. The minimum atomic E-state index is -0.107. The molecular formula is C27H54N2O. The molecule has 0 radical (unpaired) electrons. The van der Waals surface area contributed by atoms with E-state index in [2.05, 4.69) is 102 Å². The maximum Gasteiger partial charge on any atom is 0.326 e. The Kier molecular flexibility index (Phi) is 13.6. The number of nitrogens with one attached hydrogen (secondary N) is 1. The number of rotatable bonds is 4. The Hall–Kier alpha value is -1.25. The molecule has 0 spiro atoms. The SMILES string of the molecule is CC.CC(C)C.CC(C)C1=C(C(C)C)N(C(C)C)C(=O)NC(C(C)(C)C)=C1C(C)C. The first-order chi connectivity index (χ1) is 13.5. The normalized spacial score (nSPS) is 15.5. The van der Waals surface area contributed by atoms with Crippen molar-refractivity contribution in [3.8, 4) is 0 Å². The van der Waals surface area contributed by atoms with Crippen LogP contribution in [0.25, 0.3) is 0 Å². The van der Waals surface area contributed by atoms with Crippen molar-refractivity contribution in [2.45, 2.75) is 117 Å². The van der Waals surface area contributed by atoms with Crippen LogP contribution in [-0.2, 0) is 0 Å². The molecule has 0 fully saturated rings. The number of carbonyl (C=O) groups excluding carboxylic acids is 1. The molecule has 3 nitrogen and oxygen atoms in total. The molecule has 1 aliphatic rings. The highest BCUT2D eigenvalue weighted by molar-refractivity contribution is 5.81. The average Bonchev–Trinajstić information content (AvgIpc) is 2.70. The lowest BCUT2D eigenvalue weighted by Crippen LogP contribution is -2.44. The van der Waals surface area contributed by atoms with Gasteiger partial charge in [-0.3, -0.25) is 4.90 Å². The van der Waals surface area contributed by atoms with Crippen molar-refractivity contribution in [2.24, 2.45) is 29.1 Å². The van der Waals surface area contributed by atoms with E-state index < -0.39 is 0 Å². The Bertz CT molecular complexity index is 582. The highest BCUT2D eigenvalue weighted by atomic mass is 16.2. The van der Waals surface area contributed by atoms with Crippen LogP contribution in [0.4, 0.5) is 4.79 Å². The monoisotopic (exact) mass is 422 g/mol. The number of urea groups is 1. The van der Waals surface area contributed by atoms with E-state index in [0.717, 1.165) is 11.6 Å². The van der Waals surface area contributed by atoms with E-state index in [4.69, 9.17) is 0 Å². The van der Waals surface area contributed by atoms with Gasteiger partial charge in [0.05, 0.1) is 0 Å². The van der Waals surface area contributed by atoms with Gasteiger partial charge in [-0.1, -0.05) is 96.9 Å². The zero-order valence-corrected chi connectivity index (χ0v) is 23.2. The summed E-state index contributed by atoms with van der Waals surface area (Å²) in [6.45, 7) is 34.6. The molecule has 0 aliphatic carbocycles. The minimum Gasteiger partial charge on any atom is -0.310 e. The molecule has 178 valence electrons. The Morgan fingerprint density at radius 3 is 1.30 bits per heavy atom. The molecular weight excluding hydrogens is 368 g/mol. The largest absolute Gasteiger partial charge is 0.326 e. The predicted octanol–water partition coefficient (Wildman–Crippen LogP) is 8.63. The first kappa shape index (κ1) is 30.9. The number of hydrogen-bond donors (Lipinski definition) is 1. The summed E-state index contributed by atoms with van der Waals surface area (Å²) in [5, 5.41) is 3.28. The van der Waals surface area contributed by atoms with Gasteiger partial charge < -0.3 is 5.32 Å². The molecule has 30 heavy (non-hydrogen) atoms. The van der Waals surface area contributed by atoms with Crippen LogP contribution >= 0.6 is 0 Å². The van der Waals surface area contributed by atoms with Gasteiger partial charge in [-0.2, -0.15) is 0 Å². The van der Waals surface area contributed by atoms with E-state index in [0.29, 0.717) is 17.8 Å². The van der Waals surface area contributed by atoms with Crippen molar-refractivity contribution >= 4 is 6.03 Å². The van der Waals surface area contributed by atoms with Crippen LogP contribution in [0.2, 0.25) is 0 Å². The molecule has 1 aliphatic heterocycles. The van der Waals surface area contributed by atoms with Crippen molar-refractivity contribution in [3.05, 3.63) is 22.5 Å². The molecule has 0 unspecified atom stereocenters. The van der Waals surface area contributed by atoms with E-state index in [1.807, 2.05) is 18.7 Å². The molecule has 0 aromatic carbocycles. The standard InChI is InChI=1S/C21H38N2O.C4H10.C2H6/c1-12(2)16-17(13(3)4)19(21(9,10)11)22-20(24)23(15(7)8)18(16)14(5)6;1-4(2)3;1-2/h12-15H,1-11H3,(H,22,24);4H,1-3H3;1-2H3. The number of allylic oxidation sites excluding steroid dienone is 4. The van der Waals surface area contributed by atoms with Crippen LogP contribution in [0.3, 0.4) is 0 Å². The summed E-state index contributed by atoms with van der Waals surface area (Å²) in [4.78, 5) is 15.1. The Balaban J connectivity index is 0. The second kappa shape index (κ2) is 13.2. The van der Waals surface area contributed by atoms with E-state index in [1.54, 1.807) is 0 Å². The number of hydrogen-bond acceptors (Lipinski definition) is 1. The quantitative estimate of drug-likeness (QED) is 0.483. The lowest BCUT2D eigenvalue weighted by atomic mass is 9.78. The predicted molar refractivity (Wildman–Crippen MR) is 135 cm³/mol. The molecule has 0 bridgehead atoms. The molecule has 0 atom stereocenters. The van der Waals surface area contributed by atoms with Crippen molar-refractivity contribution in [3.63, 3.8) is 0 Å². The van der Waals surface area contributed by atoms with Crippen LogP contribution in [0.15, 0.2) is 22.5 Å². The van der Waals surface area contributed by atoms with Gasteiger partial charge in [0.2, 0.25) is 0 Å². The molecule has 0 aromatic rings. The van der Waals surface area contributed by atoms with Crippen molar-refractivity contribution < 1.29 is 4.79 Å². The average molecular weight is 423 g/mol. The molecule has 2 amide bonds. The summed E-state index contributed by atoms with van der Waals surface area (Å²) in [5.41, 5.74) is 4.81. The summed E-state index contributed by atoms with van der Waals surface area (Å²) < 4.78 is 0. The number of nitrogens with zero attached hydrogens (tertiary/aromatic N) is 1. The van der Waals surface area contributed by atoms with Gasteiger partial charge in [0.1, 0.15) is 0 Å². The first-order valence-electron chi connectivity index (χ1n) is 12.1. The zero-order chi connectivity index (χ0) is 24.6. The van der Waals surface area contributed by atoms with Crippen molar-refractivity contribution in [1.29, 1.82) is 0 Å². The van der Waals surface area contributed by atoms with E-state index >= 15 is 0 Å². The van der Waals surface area contributed by atoms with Crippen molar-refractivity contribution in [1.82, 2.24) is 10.2 Å². The van der Waals surface area contributed by atoms with Crippen LogP contribution in [0.1, 0.15) is 111 Å². The Labute approximate surface area is 189 Å². The Morgan fingerprint density at radius 1 is 0.700 bits per heavy atom. The summed E-state index contributed by atoms with van der Waals surface area (Å²) in [5.74, 6) is 1.85. The molecule has 1 rings (SSSR count). The summed E-state index contributed by atoms with van der Waals surface area (Å²) in [6, 6.07) is 0.135. The fourth-order valence-corrected chi connectivity index (χ4v) is 3.65. The van der Waals surface area contributed by atoms with Gasteiger partial charge in [-0.25, -0.2) is 4.79 Å². The van der Waals surface area contributed by atoms with Gasteiger partial charge >= 0.3 is 6.03 Å². The number of amides is 2. The van der Waals surface area contributed by atoms with Gasteiger partial charge in [0.15, 0.2) is 0 Å². The fraction of sp³-hybridized carbons (Fsp3) is 0.815. The van der Waals surface area contributed by atoms with Gasteiger partial charge in [-0.05, 0) is 48.7 Å². The molecule has 0 saturated carbocycles. The third-order valence-electron chi connectivity index (χ3n) is 4.51. The highest BCUT2D eigenvalue weighted by Gasteiger charge is 2.37. The topological polar surface area (TPSA) is 32.3 Å². The molecule has 3 heteroatoms. The lowest BCUT2D eigenvalue weighted by molar-refractivity contribution is 0.195. The van der Waals surface area contributed by atoms with Gasteiger partial charge in [0.25, 0.3) is 0 Å². The molecule has 0 aromatic heterocycles. The van der Waals surface area contributed by atoms with Gasteiger partial charge in [0, 0.05) is 22.9 Å². The second-order valence-corrected chi connectivity index (χ2v) is 10.9. The second-order valence-electron chi connectivity index (χ2n) is 10.9. The van der Waals surface area contributed by atoms with Gasteiger partial charge in [-0.15, -0.1) is 0 Å². The fourth-order valence-electron chi connectivity index (χ4n) is 3.65. The smallest absolute Gasteiger partial charge is 0.310 e. The van der Waals surface area contributed by atoms with E-state index in [1.165, 1.54) is 16.8 Å². The van der Waals surface area contributed by atoms with Crippen molar-refractivity contribution in [2.75, 3.05) is 0 Å². The first-order valence-corrected chi connectivity index (χ1v) is 12.1. The third-order valence-corrected chi connectivity index (χ3v) is 4.51.